The van der Waals surface area contributed by atoms with Gasteiger partial charge in [-0.2, -0.15) is 0 Å². The molecule has 0 amide bonds. The molecule has 1 aromatic rings. The summed E-state index contributed by atoms with van der Waals surface area (Å²) in [7, 11) is 0. The number of carbonyl (C=O) groups excluding carboxylic acids is 1. The Morgan fingerprint density at radius 1 is 1.33 bits per heavy atom. The highest BCUT2D eigenvalue weighted by Crippen LogP contribution is 2.33. The predicted octanol–water partition coefficient (Wildman–Crippen LogP) is 3.28. The highest BCUT2D eigenvalue weighted by atomic mass is 35.5. The SMILES string of the molecule is Cl.[2H]C1([2H])CCC([2H])([2H])N1C(CCC)C(=O)c1ccc2c(c1)OCO2. The van der Waals surface area contributed by atoms with Gasteiger partial charge in [-0.3, -0.25) is 9.69 Å². The van der Waals surface area contributed by atoms with Crippen LogP contribution in [0.1, 0.15) is 48.4 Å². The van der Waals surface area contributed by atoms with Crippen molar-refractivity contribution in [1.82, 2.24) is 4.90 Å². The Morgan fingerprint density at radius 3 is 2.76 bits per heavy atom. The quantitative estimate of drug-likeness (QED) is 0.782. The summed E-state index contributed by atoms with van der Waals surface area (Å²) in [5.74, 6) is 0.777. The lowest BCUT2D eigenvalue weighted by atomic mass is 9.99. The van der Waals surface area contributed by atoms with E-state index < -0.39 is 19.0 Å². The second-order valence-electron chi connectivity index (χ2n) is 4.92. The molecule has 3 rings (SSSR count). The summed E-state index contributed by atoms with van der Waals surface area (Å²) in [5, 5.41) is 0. The van der Waals surface area contributed by atoms with E-state index in [0.717, 1.165) is 4.90 Å². The van der Waals surface area contributed by atoms with E-state index >= 15 is 0 Å². The lowest BCUT2D eigenvalue weighted by Crippen LogP contribution is -2.39. The van der Waals surface area contributed by atoms with Crippen LogP contribution in [0.4, 0.5) is 0 Å². The summed E-state index contributed by atoms with van der Waals surface area (Å²) >= 11 is 0. The van der Waals surface area contributed by atoms with Crippen LogP contribution in [-0.2, 0) is 0 Å². The number of hydrogen-bond acceptors (Lipinski definition) is 4. The predicted molar refractivity (Wildman–Crippen MR) is 83.6 cm³/mol. The molecule has 1 aromatic carbocycles. The number of benzene rings is 1. The van der Waals surface area contributed by atoms with E-state index in [1.54, 1.807) is 18.2 Å². The molecule has 0 aliphatic carbocycles. The molecule has 2 heterocycles. The first kappa shape index (κ1) is 11.3. The minimum atomic E-state index is -1.84. The van der Waals surface area contributed by atoms with Gasteiger partial charge in [0.15, 0.2) is 17.3 Å². The maximum Gasteiger partial charge on any atom is 0.231 e. The summed E-state index contributed by atoms with van der Waals surface area (Å²) in [6, 6.07) is 4.03. The van der Waals surface area contributed by atoms with Crippen LogP contribution < -0.4 is 9.47 Å². The highest BCUT2D eigenvalue weighted by Gasteiger charge is 2.29. The van der Waals surface area contributed by atoms with Crippen molar-refractivity contribution < 1.29 is 19.8 Å². The molecule has 0 spiro atoms. The van der Waals surface area contributed by atoms with Gasteiger partial charge >= 0.3 is 0 Å². The normalized spacial score (nSPS) is 26.0. The minimum Gasteiger partial charge on any atom is -0.454 e. The Morgan fingerprint density at radius 2 is 2.05 bits per heavy atom. The summed E-state index contributed by atoms with van der Waals surface area (Å²) < 4.78 is 43.1. The molecule has 0 radical (unpaired) electrons. The average molecular weight is 316 g/mol. The van der Waals surface area contributed by atoms with Gasteiger partial charge < -0.3 is 9.47 Å². The van der Waals surface area contributed by atoms with Gasteiger partial charge in [-0.15, -0.1) is 12.4 Å². The number of ketones is 1. The highest BCUT2D eigenvalue weighted by molar-refractivity contribution is 6.00. The molecule has 1 atom stereocenters. The topological polar surface area (TPSA) is 38.8 Å². The van der Waals surface area contributed by atoms with Gasteiger partial charge in [-0.1, -0.05) is 13.3 Å². The van der Waals surface area contributed by atoms with Crippen LogP contribution in [0.5, 0.6) is 11.5 Å². The van der Waals surface area contributed by atoms with Crippen LogP contribution in [0.3, 0.4) is 0 Å². The molecule has 0 aromatic heterocycles. The van der Waals surface area contributed by atoms with Crippen molar-refractivity contribution >= 4 is 18.2 Å². The number of carbonyl (C=O) groups is 1. The van der Waals surface area contributed by atoms with Crippen molar-refractivity contribution in [2.45, 2.75) is 38.6 Å². The van der Waals surface area contributed by atoms with Crippen LogP contribution in [0, 0.1) is 0 Å². The molecular formula is C16H22ClNO3. The Hall–Kier alpha value is -1.26. The zero-order valence-corrected chi connectivity index (χ0v) is 12.7. The number of rotatable bonds is 5. The monoisotopic (exact) mass is 315 g/mol. The second kappa shape index (κ2) is 7.14. The van der Waals surface area contributed by atoms with Crippen LogP contribution in [0.15, 0.2) is 18.2 Å². The third-order valence-electron chi connectivity index (χ3n) is 3.52. The van der Waals surface area contributed by atoms with Crippen molar-refractivity contribution in [2.24, 2.45) is 0 Å². The number of Topliss-reactive ketones (excluding diaryl/α,β-unsaturated/α-hetero) is 1. The standard InChI is InChI=1S/C16H21NO3.ClH/c1-2-5-13(17-8-3-4-9-17)16(18)12-6-7-14-15(10-12)20-11-19-14;/h6-7,10,13H,2-5,8-9,11H2,1H3;1H/i8D2,9D2;. The third-order valence-corrected chi connectivity index (χ3v) is 3.52. The number of nitrogens with zero attached hydrogens (tertiary/aromatic N) is 1. The van der Waals surface area contributed by atoms with Crippen molar-refractivity contribution in [1.29, 1.82) is 0 Å². The van der Waals surface area contributed by atoms with E-state index in [4.69, 9.17) is 15.0 Å². The van der Waals surface area contributed by atoms with Gasteiger partial charge in [0.05, 0.1) is 6.04 Å². The van der Waals surface area contributed by atoms with E-state index in [1.807, 2.05) is 6.92 Å². The number of ether oxygens (including phenoxy) is 2. The van der Waals surface area contributed by atoms with Crippen molar-refractivity contribution in [3.8, 4) is 11.5 Å². The van der Waals surface area contributed by atoms with E-state index in [-0.39, 0.29) is 37.8 Å². The summed E-state index contributed by atoms with van der Waals surface area (Å²) in [5.41, 5.74) is 0.385. The fourth-order valence-electron chi connectivity index (χ4n) is 2.52. The smallest absolute Gasteiger partial charge is 0.231 e. The summed E-state index contributed by atoms with van der Waals surface area (Å²) in [6.45, 7) is -1.66. The van der Waals surface area contributed by atoms with Gasteiger partial charge in [0.1, 0.15) is 0 Å². The Kier molecular flexibility index (Phi) is 3.85. The number of likely N-dealkylation sites (tertiary alicyclic amines) is 1. The van der Waals surface area contributed by atoms with Crippen LogP contribution in [0.25, 0.3) is 0 Å². The van der Waals surface area contributed by atoms with E-state index in [1.165, 1.54) is 0 Å². The van der Waals surface area contributed by atoms with Crippen LogP contribution in [-0.4, -0.2) is 36.5 Å². The van der Waals surface area contributed by atoms with Gasteiger partial charge in [0.2, 0.25) is 6.79 Å². The van der Waals surface area contributed by atoms with Crippen molar-refractivity contribution in [2.75, 3.05) is 19.8 Å². The third kappa shape index (κ3) is 3.33. The number of fused-ring (bicyclic) bond motifs is 1. The average Bonchev–Trinajstić information content (AvgIpc) is 3.06. The number of halogens is 1. The Labute approximate surface area is 137 Å². The molecule has 2 aliphatic heterocycles. The molecule has 21 heavy (non-hydrogen) atoms. The maximum atomic E-state index is 13.0. The lowest BCUT2D eigenvalue weighted by molar-refractivity contribution is 0.0836. The zero-order valence-electron chi connectivity index (χ0n) is 15.9. The van der Waals surface area contributed by atoms with Crippen LogP contribution in [0.2, 0.25) is 0 Å². The van der Waals surface area contributed by atoms with E-state index in [2.05, 4.69) is 0 Å². The van der Waals surface area contributed by atoms with E-state index in [9.17, 15) is 4.79 Å². The molecule has 0 N–H and O–H groups in total. The molecule has 1 saturated heterocycles. The first-order valence-corrected chi connectivity index (χ1v) is 6.99. The summed E-state index contributed by atoms with van der Waals surface area (Å²) in [6.07, 6.45) is 1.21. The van der Waals surface area contributed by atoms with Gasteiger partial charge in [-0.05, 0) is 50.5 Å². The molecule has 5 heteroatoms. The Bertz CT molecular complexity index is 640. The zero-order chi connectivity index (χ0) is 17.5. The second-order valence-corrected chi connectivity index (χ2v) is 4.92. The maximum absolute atomic E-state index is 13.0. The van der Waals surface area contributed by atoms with Crippen molar-refractivity contribution in [3.05, 3.63) is 23.8 Å². The van der Waals surface area contributed by atoms with Crippen LogP contribution >= 0.6 is 12.4 Å². The van der Waals surface area contributed by atoms with Gasteiger partial charge in [-0.25, -0.2) is 0 Å². The molecule has 2 aliphatic rings. The van der Waals surface area contributed by atoms with Crippen molar-refractivity contribution in [3.63, 3.8) is 0 Å². The molecule has 0 bridgehead atoms. The molecule has 1 fully saturated rings. The van der Waals surface area contributed by atoms with Gasteiger partial charge in [0, 0.05) is 11.0 Å². The van der Waals surface area contributed by atoms with Gasteiger partial charge in [0.25, 0.3) is 0 Å². The number of hydrogen-bond donors (Lipinski definition) is 0. The summed E-state index contributed by atoms with van der Waals surface area (Å²) in [4.78, 5) is 14.1. The Balaban J connectivity index is 0.00000225. The fourth-order valence-corrected chi connectivity index (χ4v) is 2.52. The first-order valence-electron chi connectivity index (χ1n) is 8.99. The fraction of sp³-hybridized carbons (Fsp3) is 0.562. The van der Waals surface area contributed by atoms with E-state index in [0.29, 0.717) is 29.9 Å². The largest absolute Gasteiger partial charge is 0.454 e. The molecule has 116 valence electrons. The minimum absolute atomic E-state index is 0. The first-order chi connectivity index (χ1) is 11.3. The lowest BCUT2D eigenvalue weighted by Gasteiger charge is -2.26. The molecule has 4 nitrogen and oxygen atoms in total. The molecular weight excluding hydrogens is 290 g/mol. The molecule has 1 unspecified atom stereocenters. The molecule has 0 saturated carbocycles.